The molecule has 0 atom stereocenters. The second-order valence-electron chi connectivity index (χ2n) is 6.43. The molecule has 0 unspecified atom stereocenters. The number of aryl methyl sites for hydroxylation is 1. The Morgan fingerprint density at radius 3 is 2.50 bits per heavy atom. The monoisotopic (exact) mass is 373 g/mol. The first-order valence-corrected chi connectivity index (χ1v) is 9.62. The van der Waals surface area contributed by atoms with Crippen LogP contribution in [0.15, 0.2) is 35.2 Å². The van der Waals surface area contributed by atoms with Crippen molar-refractivity contribution in [2.24, 2.45) is 0 Å². The van der Waals surface area contributed by atoms with Crippen LogP contribution in [0, 0.1) is 13.8 Å². The summed E-state index contributed by atoms with van der Waals surface area (Å²) in [6.45, 7) is 3.76. The Labute approximate surface area is 157 Å². The van der Waals surface area contributed by atoms with Crippen molar-refractivity contribution in [2.75, 3.05) is 19.5 Å². The summed E-state index contributed by atoms with van der Waals surface area (Å²) in [6.07, 6.45) is 2.34. The largest absolute Gasteiger partial charge is 0.497 e. The molecule has 0 amide bonds. The number of ether oxygens (including phenoxy) is 2. The van der Waals surface area contributed by atoms with E-state index in [0.717, 1.165) is 22.0 Å². The molecule has 1 saturated carbocycles. The van der Waals surface area contributed by atoms with Crippen molar-refractivity contribution in [3.63, 3.8) is 0 Å². The third kappa shape index (κ3) is 4.30. The quantitative estimate of drug-likeness (QED) is 0.398. The summed E-state index contributed by atoms with van der Waals surface area (Å²) in [4.78, 5) is 25.3. The lowest BCUT2D eigenvalue weighted by Gasteiger charge is -2.08. The second-order valence-corrected chi connectivity index (χ2v) is 7.48. The Hall–Kier alpha value is -2.21. The molecule has 0 spiro atoms. The number of aromatic nitrogens is 1. The molecule has 1 aliphatic carbocycles. The normalized spacial score (nSPS) is 13.5. The van der Waals surface area contributed by atoms with E-state index >= 15 is 0 Å². The maximum Gasteiger partial charge on any atom is 0.316 e. The number of hydrogen-bond acceptors (Lipinski definition) is 5. The first-order chi connectivity index (χ1) is 12.5. The minimum Gasteiger partial charge on any atom is -0.497 e. The average Bonchev–Trinajstić information content (AvgIpc) is 3.43. The number of hydrogen-bond donors (Lipinski definition) is 0. The molecule has 26 heavy (non-hydrogen) atoms. The number of nitrogens with zero attached hydrogens (tertiary/aromatic N) is 1. The SMILES string of the molecule is COc1ccc(SCC(=O)OCC(=O)c2cc(C)n(C3CC3)c2C)cc1. The smallest absolute Gasteiger partial charge is 0.316 e. The summed E-state index contributed by atoms with van der Waals surface area (Å²) in [5.74, 6) is 0.398. The van der Waals surface area contributed by atoms with E-state index in [-0.39, 0.29) is 18.1 Å². The average molecular weight is 373 g/mol. The van der Waals surface area contributed by atoms with Crippen LogP contribution >= 0.6 is 11.8 Å². The van der Waals surface area contributed by atoms with Crippen molar-refractivity contribution in [3.8, 4) is 5.75 Å². The number of carbonyl (C=O) groups is 2. The topological polar surface area (TPSA) is 57.5 Å². The van der Waals surface area contributed by atoms with Gasteiger partial charge in [0.15, 0.2) is 6.61 Å². The Bertz CT molecular complexity index is 806. The second kappa shape index (κ2) is 7.99. The lowest BCUT2D eigenvalue weighted by molar-refractivity contribution is -0.139. The Morgan fingerprint density at radius 2 is 1.88 bits per heavy atom. The van der Waals surface area contributed by atoms with Crippen molar-refractivity contribution in [2.45, 2.75) is 37.6 Å². The molecule has 138 valence electrons. The molecule has 1 aliphatic rings. The number of Topliss-reactive ketones (excluding diaryl/α,β-unsaturated/α-hetero) is 1. The highest BCUT2D eigenvalue weighted by Crippen LogP contribution is 2.38. The highest BCUT2D eigenvalue weighted by atomic mass is 32.2. The van der Waals surface area contributed by atoms with Crippen molar-refractivity contribution in [3.05, 3.63) is 47.3 Å². The Balaban J connectivity index is 1.49. The highest BCUT2D eigenvalue weighted by Gasteiger charge is 2.28. The van der Waals surface area contributed by atoms with Crippen LogP contribution in [0.1, 0.15) is 40.6 Å². The number of esters is 1. The lowest BCUT2D eigenvalue weighted by Crippen LogP contribution is -2.16. The standard InChI is InChI=1S/C20H23NO4S/c1-13-10-18(14(2)21(13)15-4-5-15)19(22)11-25-20(23)12-26-17-8-6-16(24-3)7-9-17/h6-10,15H,4-5,11-12H2,1-3H3. The maximum atomic E-state index is 12.4. The fourth-order valence-electron chi connectivity index (χ4n) is 3.03. The summed E-state index contributed by atoms with van der Waals surface area (Å²) >= 11 is 1.37. The van der Waals surface area contributed by atoms with E-state index in [9.17, 15) is 9.59 Å². The summed E-state index contributed by atoms with van der Waals surface area (Å²) in [6, 6.07) is 9.87. The van der Waals surface area contributed by atoms with Gasteiger partial charge in [0, 0.05) is 27.9 Å². The first kappa shape index (κ1) is 18.6. The van der Waals surface area contributed by atoms with Gasteiger partial charge >= 0.3 is 5.97 Å². The predicted molar refractivity (Wildman–Crippen MR) is 101 cm³/mol. The van der Waals surface area contributed by atoms with E-state index in [1.807, 2.05) is 44.2 Å². The van der Waals surface area contributed by atoms with Crippen LogP contribution in [0.3, 0.4) is 0 Å². The van der Waals surface area contributed by atoms with Crippen LogP contribution in [0.2, 0.25) is 0 Å². The van der Waals surface area contributed by atoms with Crippen LogP contribution < -0.4 is 4.74 Å². The van der Waals surface area contributed by atoms with E-state index in [4.69, 9.17) is 9.47 Å². The zero-order valence-corrected chi connectivity index (χ0v) is 16.1. The third-order valence-electron chi connectivity index (χ3n) is 4.48. The van der Waals surface area contributed by atoms with Crippen LogP contribution in [0.25, 0.3) is 0 Å². The van der Waals surface area contributed by atoms with Crippen LogP contribution in [0.5, 0.6) is 5.75 Å². The lowest BCUT2D eigenvalue weighted by atomic mass is 10.1. The van der Waals surface area contributed by atoms with E-state index in [2.05, 4.69) is 4.57 Å². The molecular weight excluding hydrogens is 350 g/mol. The van der Waals surface area contributed by atoms with E-state index in [0.29, 0.717) is 11.6 Å². The van der Waals surface area contributed by atoms with Gasteiger partial charge in [0.2, 0.25) is 5.78 Å². The van der Waals surface area contributed by atoms with Crippen molar-refractivity contribution in [1.29, 1.82) is 0 Å². The molecule has 1 aromatic heterocycles. The minimum atomic E-state index is -0.393. The van der Waals surface area contributed by atoms with Crippen molar-refractivity contribution in [1.82, 2.24) is 4.57 Å². The van der Waals surface area contributed by atoms with Gasteiger partial charge in [-0.15, -0.1) is 11.8 Å². The maximum absolute atomic E-state index is 12.4. The van der Waals surface area contributed by atoms with Gasteiger partial charge in [-0.1, -0.05) is 0 Å². The molecule has 6 heteroatoms. The van der Waals surface area contributed by atoms with Gasteiger partial charge in [-0.25, -0.2) is 0 Å². The fourth-order valence-corrected chi connectivity index (χ4v) is 3.73. The number of benzene rings is 1. The number of thioether (sulfide) groups is 1. The molecule has 1 aromatic carbocycles. The molecule has 0 bridgehead atoms. The molecule has 5 nitrogen and oxygen atoms in total. The zero-order chi connectivity index (χ0) is 18.7. The van der Waals surface area contributed by atoms with Gasteiger partial charge in [-0.05, 0) is 57.0 Å². The highest BCUT2D eigenvalue weighted by molar-refractivity contribution is 8.00. The number of methoxy groups -OCH3 is 1. The summed E-state index contributed by atoms with van der Waals surface area (Å²) in [5, 5.41) is 0. The van der Waals surface area contributed by atoms with E-state index in [1.165, 1.54) is 24.6 Å². The van der Waals surface area contributed by atoms with Gasteiger partial charge in [-0.3, -0.25) is 9.59 Å². The number of ketones is 1. The van der Waals surface area contributed by atoms with Crippen LogP contribution in [0.4, 0.5) is 0 Å². The van der Waals surface area contributed by atoms with Gasteiger partial charge in [0.1, 0.15) is 5.75 Å². The van der Waals surface area contributed by atoms with Gasteiger partial charge in [0.05, 0.1) is 12.9 Å². The fraction of sp³-hybridized carbons (Fsp3) is 0.400. The summed E-state index contributed by atoms with van der Waals surface area (Å²) < 4.78 is 12.5. The Morgan fingerprint density at radius 1 is 1.19 bits per heavy atom. The van der Waals surface area contributed by atoms with Crippen LogP contribution in [-0.2, 0) is 9.53 Å². The Kier molecular flexibility index (Phi) is 5.71. The van der Waals surface area contributed by atoms with Crippen molar-refractivity contribution < 1.29 is 19.1 Å². The molecular formula is C20H23NO4S. The molecule has 0 N–H and O–H groups in total. The molecule has 0 aliphatic heterocycles. The number of rotatable bonds is 8. The van der Waals surface area contributed by atoms with Crippen LogP contribution in [-0.4, -0.2) is 35.8 Å². The third-order valence-corrected chi connectivity index (χ3v) is 5.46. The molecule has 3 rings (SSSR count). The summed E-state index contributed by atoms with van der Waals surface area (Å²) in [5.41, 5.74) is 2.72. The van der Waals surface area contributed by atoms with E-state index < -0.39 is 5.97 Å². The molecule has 1 fully saturated rings. The predicted octanol–water partition coefficient (Wildman–Crippen LogP) is 3.97. The first-order valence-electron chi connectivity index (χ1n) is 8.63. The van der Waals surface area contributed by atoms with Gasteiger partial charge in [-0.2, -0.15) is 0 Å². The molecule has 1 heterocycles. The zero-order valence-electron chi connectivity index (χ0n) is 15.3. The number of carbonyl (C=O) groups excluding carboxylic acids is 2. The van der Waals surface area contributed by atoms with Crippen molar-refractivity contribution >= 4 is 23.5 Å². The minimum absolute atomic E-state index is 0.146. The molecule has 2 aromatic rings. The van der Waals surface area contributed by atoms with E-state index in [1.54, 1.807) is 7.11 Å². The van der Waals surface area contributed by atoms with Gasteiger partial charge in [0.25, 0.3) is 0 Å². The van der Waals surface area contributed by atoms with Gasteiger partial charge < -0.3 is 14.0 Å². The summed E-state index contributed by atoms with van der Waals surface area (Å²) in [7, 11) is 1.61. The molecule has 0 saturated heterocycles. The molecule has 0 radical (unpaired) electrons.